The molecule has 0 saturated heterocycles. The number of benzene rings is 2. The second kappa shape index (κ2) is 9.06. The van der Waals surface area contributed by atoms with Crippen LogP contribution in [0.15, 0.2) is 41.3 Å². The highest BCUT2D eigenvalue weighted by atomic mass is 32.2. The van der Waals surface area contributed by atoms with Gasteiger partial charge in [0.05, 0.1) is 12.7 Å². The number of rotatable bonds is 7. The quantitative estimate of drug-likeness (QED) is 0.666. The van der Waals surface area contributed by atoms with Gasteiger partial charge in [0.25, 0.3) is 5.91 Å². The number of amides is 1. The fourth-order valence-electron chi connectivity index (χ4n) is 2.51. The van der Waals surface area contributed by atoms with Crippen molar-refractivity contribution in [2.75, 3.05) is 19.5 Å². The number of hydrogen-bond donors (Lipinski definition) is 2. The van der Waals surface area contributed by atoms with E-state index in [1.54, 1.807) is 0 Å². The number of nitrogens with one attached hydrogen (secondary N) is 2. The Morgan fingerprint density at radius 2 is 1.76 bits per heavy atom. The van der Waals surface area contributed by atoms with E-state index in [2.05, 4.69) is 10.0 Å². The van der Waals surface area contributed by atoms with Crippen LogP contribution in [0.3, 0.4) is 0 Å². The van der Waals surface area contributed by atoms with Crippen LogP contribution in [0, 0.1) is 13.8 Å². The largest absolute Gasteiger partial charge is 0.495 e. The predicted octanol–water partition coefficient (Wildman–Crippen LogP) is 2.40. The highest BCUT2D eigenvalue weighted by Crippen LogP contribution is 2.25. The molecule has 29 heavy (non-hydrogen) atoms. The first-order valence-electron chi connectivity index (χ1n) is 8.79. The van der Waals surface area contributed by atoms with Gasteiger partial charge in [-0.3, -0.25) is 4.79 Å². The number of esters is 1. The number of sulfonamides is 1. The zero-order valence-corrected chi connectivity index (χ0v) is 17.7. The molecule has 0 aromatic heterocycles. The highest BCUT2D eigenvalue weighted by Gasteiger charge is 2.23. The second-order valence-corrected chi connectivity index (χ2v) is 8.28. The summed E-state index contributed by atoms with van der Waals surface area (Å²) in [6.45, 7) is 5.19. The normalized spacial score (nSPS) is 12.2. The van der Waals surface area contributed by atoms with E-state index in [1.807, 2.05) is 32.0 Å². The van der Waals surface area contributed by atoms with Crippen LogP contribution in [-0.2, 0) is 19.6 Å². The Morgan fingerprint density at radius 1 is 1.07 bits per heavy atom. The van der Waals surface area contributed by atoms with Gasteiger partial charge >= 0.3 is 5.97 Å². The molecule has 0 radical (unpaired) electrons. The van der Waals surface area contributed by atoms with Crippen molar-refractivity contribution in [1.82, 2.24) is 4.72 Å². The molecule has 0 fully saturated rings. The minimum absolute atomic E-state index is 0.0222. The molecule has 1 atom stereocenters. The fourth-order valence-corrected chi connectivity index (χ4v) is 3.43. The van der Waals surface area contributed by atoms with E-state index in [9.17, 15) is 18.0 Å². The van der Waals surface area contributed by atoms with Gasteiger partial charge in [0.2, 0.25) is 10.0 Å². The lowest BCUT2D eigenvalue weighted by Crippen LogP contribution is -2.30. The molecule has 0 aliphatic rings. The van der Waals surface area contributed by atoms with E-state index in [4.69, 9.17) is 9.47 Å². The zero-order chi connectivity index (χ0) is 21.8. The maximum absolute atomic E-state index is 12.4. The van der Waals surface area contributed by atoms with Gasteiger partial charge in [0, 0.05) is 5.69 Å². The Morgan fingerprint density at radius 3 is 2.38 bits per heavy atom. The highest BCUT2D eigenvalue weighted by molar-refractivity contribution is 7.89. The lowest BCUT2D eigenvalue weighted by molar-refractivity contribution is -0.123. The SMILES string of the molecule is CNS(=O)(=O)c1cc(C(=O)OC(C)C(=O)Nc2cc(C)ccc2C)ccc1OC. The topological polar surface area (TPSA) is 111 Å². The van der Waals surface area contributed by atoms with Crippen molar-refractivity contribution < 1.29 is 27.5 Å². The van der Waals surface area contributed by atoms with Crippen LogP contribution >= 0.6 is 0 Å². The third kappa shape index (κ3) is 5.33. The average molecular weight is 420 g/mol. The molecule has 2 aromatic rings. The lowest BCUT2D eigenvalue weighted by atomic mass is 10.1. The summed E-state index contributed by atoms with van der Waals surface area (Å²) in [5.74, 6) is -1.25. The zero-order valence-electron chi connectivity index (χ0n) is 16.9. The summed E-state index contributed by atoms with van der Waals surface area (Å²) in [7, 11) is -1.28. The predicted molar refractivity (Wildman–Crippen MR) is 109 cm³/mol. The van der Waals surface area contributed by atoms with Gasteiger partial charge in [0.1, 0.15) is 10.6 Å². The Labute approximate surface area is 170 Å². The van der Waals surface area contributed by atoms with Gasteiger partial charge in [-0.15, -0.1) is 0 Å². The molecule has 8 nitrogen and oxygen atoms in total. The van der Waals surface area contributed by atoms with Gasteiger partial charge in [0.15, 0.2) is 6.10 Å². The molecular formula is C20H24N2O6S. The minimum atomic E-state index is -3.85. The summed E-state index contributed by atoms with van der Waals surface area (Å²) in [6, 6.07) is 9.48. The molecule has 2 aromatic carbocycles. The molecular weight excluding hydrogens is 396 g/mol. The van der Waals surface area contributed by atoms with Crippen molar-refractivity contribution >= 4 is 27.6 Å². The minimum Gasteiger partial charge on any atom is -0.495 e. The third-order valence-corrected chi connectivity index (χ3v) is 5.70. The Bertz CT molecular complexity index is 1030. The van der Waals surface area contributed by atoms with E-state index in [0.717, 1.165) is 17.2 Å². The van der Waals surface area contributed by atoms with Gasteiger partial charge in [-0.1, -0.05) is 12.1 Å². The summed E-state index contributed by atoms with van der Waals surface area (Å²) in [5.41, 5.74) is 2.46. The van der Waals surface area contributed by atoms with Crippen LogP contribution in [0.25, 0.3) is 0 Å². The van der Waals surface area contributed by atoms with E-state index >= 15 is 0 Å². The fraction of sp³-hybridized carbons (Fsp3) is 0.300. The Balaban J connectivity index is 2.18. The van der Waals surface area contributed by atoms with Crippen LogP contribution in [0.1, 0.15) is 28.4 Å². The smallest absolute Gasteiger partial charge is 0.338 e. The van der Waals surface area contributed by atoms with Crippen LogP contribution in [0.5, 0.6) is 5.75 Å². The van der Waals surface area contributed by atoms with Crippen LogP contribution in [0.4, 0.5) is 5.69 Å². The standard InChI is InChI=1S/C20H24N2O6S/c1-12-6-7-13(2)16(10-12)22-19(23)14(3)28-20(24)15-8-9-17(27-5)18(11-15)29(25,26)21-4/h6-11,14,21H,1-5H3,(H,22,23). The number of ether oxygens (including phenoxy) is 2. The maximum atomic E-state index is 12.4. The number of carbonyl (C=O) groups excluding carboxylic acids is 2. The number of aryl methyl sites for hydroxylation is 2. The molecule has 0 bridgehead atoms. The molecule has 1 amide bonds. The van der Waals surface area contributed by atoms with E-state index in [0.29, 0.717) is 5.69 Å². The van der Waals surface area contributed by atoms with Gasteiger partial charge in [-0.2, -0.15) is 0 Å². The number of anilines is 1. The van der Waals surface area contributed by atoms with Crippen molar-refractivity contribution in [3.63, 3.8) is 0 Å². The second-order valence-electron chi connectivity index (χ2n) is 6.43. The molecule has 0 saturated carbocycles. The van der Waals surface area contributed by atoms with Gasteiger partial charge in [-0.25, -0.2) is 17.9 Å². The van der Waals surface area contributed by atoms with Crippen molar-refractivity contribution in [3.05, 3.63) is 53.1 Å². The van der Waals surface area contributed by atoms with Gasteiger partial charge in [-0.05, 0) is 63.2 Å². The monoisotopic (exact) mass is 420 g/mol. The van der Waals surface area contributed by atoms with E-state index in [-0.39, 0.29) is 16.2 Å². The van der Waals surface area contributed by atoms with Crippen molar-refractivity contribution in [1.29, 1.82) is 0 Å². The van der Waals surface area contributed by atoms with Crippen molar-refractivity contribution in [2.45, 2.75) is 31.8 Å². The molecule has 156 valence electrons. The molecule has 1 unspecified atom stereocenters. The Kier molecular flexibility index (Phi) is 6.99. The molecule has 2 N–H and O–H groups in total. The third-order valence-electron chi connectivity index (χ3n) is 4.26. The summed E-state index contributed by atoms with van der Waals surface area (Å²) < 4.78 is 36.7. The average Bonchev–Trinajstić information content (AvgIpc) is 2.69. The summed E-state index contributed by atoms with van der Waals surface area (Å²) >= 11 is 0. The molecule has 2 rings (SSSR count). The number of hydrogen-bond acceptors (Lipinski definition) is 6. The molecule has 0 aliphatic carbocycles. The van der Waals surface area contributed by atoms with Crippen LogP contribution in [0.2, 0.25) is 0 Å². The number of carbonyl (C=O) groups is 2. The first kappa shape index (κ1) is 22.4. The Hall–Kier alpha value is -2.91. The van der Waals surface area contributed by atoms with E-state index < -0.39 is 28.0 Å². The van der Waals surface area contributed by atoms with Crippen molar-refractivity contribution in [2.24, 2.45) is 0 Å². The van der Waals surface area contributed by atoms with E-state index in [1.165, 1.54) is 33.2 Å². The molecule has 0 aliphatic heterocycles. The maximum Gasteiger partial charge on any atom is 0.338 e. The summed E-state index contributed by atoms with van der Waals surface area (Å²) in [6.07, 6.45) is -1.09. The molecule has 0 spiro atoms. The van der Waals surface area contributed by atoms with Gasteiger partial charge < -0.3 is 14.8 Å². The molecule has 0 heterocycles. The lowest BCUT2D eigenvalue weighted by Gasteiger charge is -2.16. The summed E-state index contributed by atoms with van der Waals surface area (Å²) in [4.78, 5) is 24.6. The molecule has 9 heteroatoms. The number of methoxy groups -OCH3 is 1. The van der Waals surface area contributed by atoms with Crippen LogP contribution < -0.4 is 14.8 Å². The van der Waals surface area contributed by atoms with Crippen LogP contribution in [-0.4, -0.2) is 40.6 Å². The first-order chi connectivity index (χ1) is 13.6. The van der Waals surface area contributed by atoms with Crippen molar-refractivity contribution in [3.8, 4) is 5.75 Å². The first-order valence-corrected chi connectivity index (χ1v) is 10.3. The summed E-state index contributed by atoms with van der Waals surface area (Å²) in [5, 5.41) is 2.73.